The van der Waals surface area contributed by atoms with Gasteiger partial charge in [-0.3, -0.25) is 15.2 Å². The van der Waals surface area contributed by atoms with Crippen LogP contribution in [0.25, 0.3) is 5.69 Å². The molecule has 0 aliphatic carbocycles. The van der Waals surface area contributed by atoms with Crippen molar-refractivity contribution in [3.63, 3.8) is 0 Å². The van der Waals surface area contributed by atoms with Gasteiger partial charge < -0.3 is 0 Å². The lowest BCUT2D eigenvalue weighted by Gasteiger charge is -2.07. The van der Waals surface area contributed by atoms with Crippen molar-refractivity contribution in [3.05, 3.63) is 53.1 Å². The van der Waals surface area contributed by atoms with E-state index in [9.17, 15) is 4.79 Å². The van der Waals surface area contributed by atoms with E-state index >= 15 is 0 Å². The SMILES string of the molecule is Cc1cc(C)n(-c2cccc(C(=O)Nc3n[nH]c(C(C)C)n3)c2)n1. The Hall–Kier alpha value is -2.96. The second-order valence-electron chi connectivity index (χ2n) is 6.04. The van der Waals surface area contributed by atoms with Crippen molar-refractivity contribution in [2.75, 3.05) is 5.32 Å². The lowest BCUT2D eigenvalue weighted by molar-refractivity contribution is 0.102. The number of amides is 1. The highest BCUT2D eigenvalue weighted by Crippen LogP contribution is 2.15. The van der Waals surface area contributed by atoms with E-state index in [1.165, 1.54) is 0 Å². The zero-order valence-electron chi connectivity index (χ0n) is 14.2. The molecule has 0 bridgehead atoms. The fourth-order valence-electron chi connectivity index (χ4n) is 2.43. The Balaban J connectivity index is 1.82. The Labute approximate surface area is 140 Å². The van der Waals surface area contributed by atoms with Gasteiger partial charge in [-0.15, -0.1) is 5.10 Å². The molecule has 2 N–H and O–H groups in total. The van der Waals surface area contributed by atoms with Gasteiger partial charge in [-0.25, -0.2) is 4.68 Å². The maximum Gasteiger partial charge on any atom is 0.258 e. The van der Waals surface area contributed by atoms with Gasteiger partial charge >= 0.3 is 0 Å². The molecule has 3 aromatic rings. The molecule has 0 saturated heterocycles. The summed E-state index contributed by atoms with van der Waals surface area (Å²) >= 11 is 0. The first-order chi connectivity index (χ1) is 11.4. The van der Waals surface area contributed by atoms with E-state index in [-0.39, 0.29) is 17.8 Å². The summed E-state index contributed by atoms with van der Waals surface area (Å²) in [6, 6.07) is 9.29. The van der Waals surface area contributed by atoms with Crippen molar-refractivity contribution in [3.8, 4) is 5.69 Å². The number of hydrogen-bond acceptors (Lipinski definition) is 4. The molecule has 0 spiro atoms. The van der Waals surface area contributed by atoms with Crippen molar-refractivity contribution in [2.45, 2.75) is 33.6 Å². The number of benzene rings is 1. The van der Waals surface area contributed by atoms with Gasteiger partial charge in [0.2, 0.25) is 5.95 Å². The van der Waals surface area contributed by atoms with Crippen LogP contribution in [0.5, 0.6) is 0 Å². The zero-order valence-corrected chi connectivity index (χ0v) is 14.2. The van der Waals surface area contributed by atoms with Gasteiger partial charge in [-0.1, -0.05) is 19.9 Å². The number of H-pyrrole nitrogens is 1. The molecule has 0 aliphatic rings. The number of carbonyl (C=O) groups excluding carboxylic acids is 1. The summed E-state index contributed by atoms with van der Waals surface area (Å²) in [5, 5.41) is 14.0. The van der Waals surface area contributed by atoms with Crippen molar-refractivity contribution in [1.82, 2.24) is 25.0 Å². The van der Waals surface area contributed by atoms with E-state index < -0.39 is 0 Å². The molecule has 1 amide bonds. The Morgan fingerprint density at radius 3 is 2.67 bits per heavy atom. The highest BCUT2D eigenvalue weighted by molar-refractivity contribution is 6.03. The van der Waals surface area contributed by atoms with Crippen molar-refractivity contribution >= 4 is 11.9 Å². The number of nitrogens with one attached hydrogen (secondary N) is 2. The van der Waals surface area contributed by atoms with Crippen LogP contribution in [0.2, 0.25) is 0 Å². The number of aromatic amines is 1. The van der Waals surface area contributed by atoms with Crippen LogP contribution in [0.1, 0.15) is 47.3 Å². The van der Waals surface area contributed by atoms with E-state index in [1.807, 2.05) is 50.6 Å². The summed E-state index contributed by atoms with van der Waals surface area (Å²) in [7, 11) is 0. The van der Waals surface area contributed by atoms with E-state index in [1.54, 1.807) is 12.1 Å². The Morgan fingerprint density at radius 2 is 2.04 bits per heavy atom. The minimum atomic E-state index is -0.257. The van der Waals surface area contributed by atoms with Crippen LogP contribution in [0, 0.1) is 13.8 Å². The second kappa shape index (κ2) is 6.27. The predicted octanol–water partition coefficient (Wildman–Crippen LogP) is 2.98. The smallest absolute Gasteiger partial charge is 0.258 e. The largest absolute Gasteiger partial charge is 0.289 e. The Morgan fingerprint density at radius 1 is 1.25 bits per heavy atom. The predicted molar refractivity (Wildman–Crippen MR) is 91.5 cm³/mol. The molecule has 1 aromatic carbocycles. The van der Waals surface area contributed by atoms with Crippen molar-refractivity contribution in [1.29, 1.82) is 0 Å². The third-order valence-corrected chi connectivity index (χ3v) is 3.64. The van der Waals surface area contributed by atoms with Gasteiger partial charge in [0, 0.05) is 17.2 Å². The topological polar surface area (TPSA) is 88.5 Å². The van der Waals surface area contributed by atoms with Gasteiger partial charge in [0.05, 0.1) is 11.4 Å². The number of nitrogens with zero attached hydrogens (tertiary/aromatic N) is 4. The number of carbonyl (C=O) groups is 1. The first kappa shape index (κ1) is 15.9. The minimum Gasteiger partial charge on any atom is -0.289 e. The van der Waals surface area contributed by atoms with Crippen LogP contribution < -0.4 is 5.32 Å². The average Bonchev–Trinajstić information content (AvgIpc) is 3.14. The third-order valence-electron chi connectivity index (χ3n) is 3.64. The molecule has 0 fully saturated rings. The molecule has 7 nitrogen and oxygen atoms in total. The molecule has 0 atom stereocenters. The van der Waals surface area contributed by atoms with Crippen LogP contribution in [-0.4, -0.2) is 30.9 Å². The summed E-state index contributed by atoms with van der Waals surface area (Å²) in [6.45, 7) is 7.93. The molecule has 0 saturated carbocycles. The Bertz CT molecular complexity index is 877. The van der Waals surface area contributed by atoms with E-state index in [0.29, 0.717) is 5.56 Å². The monoisotopic (exact) mass is 324 g/mol. The highest BCUT2D eigenvalue weighted by Gasteiger charge is 2.13. The van der Waals surface area contributed by atoms with Crippen LogP contribution in [-0.2, 0) is 0 Å². The molecule has 0 aliphatic heterocycles. The van der Waals surface area contributed by atoms with E-state index in [4.69, 9.17) is 0 Å². The molecule has 24 heavy (non-hydrogen) atoms. The van der Waals surface area contributed by atoms with Crippen LogP contribution in [0.4, 0.5) is 5.95 Å². The molecule has 2 heterocycles. The molecule has 7 heteroatoms. The number of rotatable bonds is 4. The van der Waals surface area contributed by atoms with Gasteiger partial charge in [0.25, 0.3) is 5.91 Å². The maximum absolute atomic E-state index is 12.4. The molecule has 124 valence electrons. The Kier molecular flexibility index (Phi) is 4.16. The van der Waals surface area contributed by atoms with Crippen LogP contribution in [0.3, 0.4) is 0 Å². The zero-order chi connectivity index (χ0) is 17.3. The van der Waals surface area contributed by atoms with E-state index in [2.05, 4.69) is 25.6 Å². The molecular weight excluding hydrogens is 304 g/mol. The van der Waals surface area contributed by atoms with Gasteiger partial charge in [0.15, 0.2) is 0 Å². The number of hydrogen-bond donors (Lipinski definition) is 2. The molecule has 0 radical (unpaired) electrons. The lowest BCUT2D eigenvalue weighted by Crippen LogP contribution is -2.13. The summed E-state index contributed by atoms with van der Waals surface area (Å²) in [5.41, 5.74) is 3.31. The first-order valence-corrected chi connectivity index (χ1v) is 7.81. The highest BCUT2D eigenvalue weighted by atomic mass is 16.1. The van der Waals surface area contributed by atoms with Gasteiger partial charge in [-0.05, 0) is 38.1 Å². The van der Waals surface area contributed by atoms with Gasteiger partial charge in [0.1, 0.15) is 5.82 Å². The van der Waals surface area contributed by atoms with Crippen LogP contribution >= 0.6 is 0 Å². The molecule has 2 aromatic heterocycles. The minimum absolute atomic E-state index is 0.220. The molecule has 0 unspecified atom stereocenters. The first-order valence-electron chi connectivity index (χ1n) is 7.81. The fourth-order valence-corrected chi connectivity index (χ4v) is 2.43. The number of aromatic nitrogens is 5. The summed E-state index contributed by atoms with van der Waals surface area (Å²) in [6.07, 6.45) is 0. The summed E-state index contributed by atoms with van der Waals surface area (Å²) < 4.78 is 1.82. The molecular formula is C17H20N6O. The fraction of sp³-hybridized carbons (Fsp3) is 0.294. The van der Waals surface area contributed by atoms with E-state index in [0.717, 1.165) is 22.9 Å². The van der Waals surface area contributed by atoms with Crippen LogP contribution in [0.15, 0.2) is 30.3 Å². The summed E-state index contributed by atoms with van der Waals surface area (Å²) in [5.74, 6) is 0.979. The van der Waals surface area contributed by atoms with Gasteiger partial charge in [-0.2, -0.15) is 10.1 Å². The molecule has 3 rings (SSSR count). The normalized spacial score (nSPS) is 11.0. The third kappa shape index (κ3) is 3.19. The second-order valence-corrected chi connectivity index (χ2v) is 6.04. The van der Waals surface area contributed by atoms with Crippen molar-refractivity contribution in [2.24, 2.45) is 0 Å². The lowest BCUT2D eigenvalue weighted by atomic mass is 10.2. The average molecular weight is 324 g/mol. The maximum atomic E-state index is 12.4. The summed E-state index contributed by atoms with van der Waals surface area (Å²) in [4.78, 5) is 16.7. The van der Waals surface area contributed by atoms with Crippen molar-refractivity contribution < 1.29 is 4.79 Å². The number of aryl methyl sites for hydroxylation is 2. The standard InChI is InChI=1S/C17H20N6O/c1-10(2)15-18-17(21-20-15)19-16(24)13-6-5-7-14(9-13)23-12(4)8-11(3)22-23/h5-10H,1-4H3,(H2,18,19,20,21,24). The number of anilines is 1. The quantitative estimate of drug-likeness (QED) is 0.772.